The minimum Gasteiger partial charge on any atom is -0.456 e. The second-order valence-electron chi connectivity index (χ2n) is 4.83. The Kier molecular flexibility index (Phi) is 1.61. The Morgan fingerprint density at radius 3 is 2.87 bits per heavy atom. The first-order chi connectivity index (χ1) is 7.18. The first kappa shape index (κ1) is 8.78. The predicted molar refractivity (Wildman–Crippen MR) is 62.9 cm³/mol. The molecule has 0 amide bonds. The van der Waals surface area contributed by atoms with Crippen molar-refractivity contribution < 1.29 is 4.42 Å². The number of furan rings is 1. The van der Waals surface area contributed by atoms with E-state index in [2.05, 4.69) is 38.1 Å². The molecule has 0 saturated carbocycles. The van der Waals surface area contributed by atoms with E-state index in [1.807, 2.05) is 12.1 Å². The van der Waals surface area contributed by atoms with Gasteiger partial charge in [0.05, 0.1) is 0 Å². The van der Waals surface area contributed by atoms with E-state index in [0.717, 1.165) is 17.8 Å². The zero-order valence-electron chi connectivity index (χ0n) is 9.08. The fourth-order valence-corrected chi connectivity index (χ4v) is 2.44. The van der Waals surface area contributed by atoms with Crippen molar-refractivity contribution in [2.24, 2.45) is 0 Å². The van der Waals surface area contributed by atoms with Gasteiger partial charge in [-0.15, -0.1) is 0 Å². The van der Waals surface area contributed by atoms with Gasteiger partial charge in [-0.3, -0.25) is 0 Å². The zero-order chi connectivity index (χ0) is 10.5. The van der Waals surface area contributed by atoms with Crippen LogP contribution in [0.3, 0.4) is 0 Å². The quantitative estimate of drug-likeness (QED) is 0.620. The van der Waals surface area contributed by atoms with Crippen molar-refractivity contribution in [3.8, 4) is 0 Å². The van der Waals surface area contributed by atoms with Gasteiger partial charge in [0.25, 0.3) is 0 Å². The first-order valence-corrected chi connectivity index (χ1v) is 5.37. The molecule has 0 fully saturated rings. The molecular formula is C14H14O. The summed E-state index contributed by atoms with van der Waals surface area (Å²) < 4.78 is 5.84. The third-order valence-electron chi connectivity index (χ3n) is 3.20. The molecule has 0 N–H and O–H groups in total. The largest absolute Gasteiger partial charge is 0.456 e. The van der Waals surface area contributed by atoms with Crippen molar-refractivity contribution in [1.29, 1.82) is 0 Å². The Labute approximate surface area is 89.4 Å². The SMILES string of the molecule is CC1(C)CC=Cc2oc3ccccc3c21. The summed E-state index contributed by atoms with van der Waals surface area (Å²) in [6, 6.07) is 8.29. The summed E-state index contributed by atoms with van der Waals surface area (Å²) in [6.07, 6.45) is 5.38. The average Bonchev–Trinajstić information content (AvgIpc) is 2.56. The van der Waals surface area contributed by atoms with Crippen LogP contribution in [0.1, 0.15) is 31.6 Å². The molecule has 1 aromatic heterocycles. The van der Waals surface area contributed by atoms with E-state index in [4.69, 9.17) is 4.42 Å². The van der Waals surface area contributed by atoms with Gasteiger partial charge in [0, 0.05) is 10.9 Å². The fourth-order valence-electron chi connectivity index (χ4n) is 2.44. The van der Waals surface area contributed by atoms with Crippen LogP contribution in [-0.4, -0.2) is 0 Å². The van der Waals surface area contributed by atoms with E-state index in [1.54, 1.807) is 0 Å². The van der Waals surface area contributed by atoms with Gasteiger partial charge < -0.3 is 4.42 Å². The average molecular weight is 198 g/mol. The standard InChI is InChI=1S/C14H14O/c1-14(2)9-5-8-12-13(14)10-6-3-4-7-11(10)15-12/h3-8H,9H2,1-2H3. The topological polar surface area (TPSA) is 13.1 Å². The van der Waals surface area contributed by atoms with Crippen LogP contribution in [0.15, 0.2) is 34.8 Å². The summed E-state index contributed by atoms with van der Waals surface area (Å²) >= 11 is 0. The molecule has 1 aromatic carbocycles. The maximum absolute atomic E-state index is 5.84. The molecular weight excluding hydrogens is 184 g/mol. The molecule has 0 saturated heterocycles. The van der Waals surface area contributed by atoms with Crippen molar-refractivity contribution in [2.45, 2.75) is 25.7 Å². The lowest BCUT2D eigenvalue weighted by atomic mass is 9.77. The van der Waals surface area contributed by atoms with Gasteiger partial charge in [0.1, 0.15) is 11.3 Å². The van der Waals surface area contributed by atoms with Gasteiger partial charge in [-0.2, -0.15) is 0 Å². The van der Waals surface area contributed by atoms with E-state index in [-0.39, 0.29) is 5.41 Å². The Morgan fingerprint density at radius 2 is 2.00 bits per heavy atom. The van der Waals surface area contributed by atoms with Crippen LogP contribution in [0.5, 0.6) is 0 Å². The molecule has 76 valence electrons. The van der Waals surface area contributed by atoms with Crippen molar-refractivity contribution in [3.63, 3.8) is 0 Å². The molecule has 2 aromatic rings. The third kappa shape index (κ3) is 1.16. The van der Waals surface area contributed by atoms with Gasteiger partial charge in [0.15, 0.2) is 0 Å². The van der Waals surface area contributed by atoms with E-state index in [0.29, 0.717) is 0 Å². The Hall–Kier alpha value is -1.50. The lowest BCUT2D eigenvalue weighted by Gasteiger charge is -2.25. The molecule has 1 heterocycles. The van der Waals surface area contributed by atoms with Crippen LogP contribution < -0.4 is 0 Å². The highest BCUT2D eigenvalue weighted by Gasteiger charge is 2.29. The summed E-state index contributed by atoms with van der Waals surface area (Å²) in [4.78, 5) is 0. The van der Waals surface area contributed by atoms with Gasteiger partial charge in [-0.1, -0.05) is 38.1 Å². The molecule has 0 radical (unpaired) electrons. The molecule has 1 heteroatoms. The minimum absolute atomic E-state index is 0.191. The highest BCUT2D eigenvalue weighted by Crippen LogP contribution is 2.41. The number of rotatable bonds is 0. The first-order valence-electron chi connectivity index (χ1n) is 5.37. The highest BCUT2D eigenvalue weighted by molar-refractivity contribution is 5.86. The molecule has 15 heavy (non-hydrogen) atoms. The molecule has 0 aliphatic heterocycles. The number of allylic oxidation sites excluding steroid dienone is 1. The number of para-hydroxylation sites is 1. The number of benzene rings is 1. The normalized spacial score (nSPS) is 18.0. The summed E-state index contributed by atoms with van der Waals surface area (Å²) in [5, 5.41) is 1.27. The van der Waals surface area contributed by atoms with Crippen LogP contribution in [0.25, 0.3) is 17.0 Å². The highest BCUT2D eigenvalue weighted by atomic mass is 16.3. The lowest BCUT2D eigenvalue weighted by molar-refractivity contribution is 0.505. The van der Waals surface area contributed by atoms with Crippen molar-refractivity contribution in [1.82, 2.24) is 0 Å². The monoisotopic (exact) mass is 198 g/mol. The molecule has 0 bridgehead atoms. The minimum atomic E-state index is 0.191. The van der Waals surface area contributed by atoms with Crippen LogP contribution in [-0.2, 0) is 5.41 Å². The van der Waals surface area contributed by atoms with Gasteiger partial charge in [-0.05, 0) is 24.0 Å². The number of hydrogen-bond donors (Lipinski definition) is 0. The maximum Gasteiger partial charge on any atom is 0.135 e. The van der Waals surface area contributed by atoms with Crippen LogP contribution in [0.4, 0.5) is 0 Å². The molecule has 0 unspecified atom stereocenters. The van der Waals surface area contributed by atoms with Crippen LogP contribution in [0.2, 0.25) is 0 Å². The maximum atomic E-state index is 5.84. The van der Waals surface area contributed by atoms with Gasteiger partial charge in [0.2, 0.25) is 0 Å². The van der Waals surface area contributed by atoms with E-state index in [9.17, 15) is 0 Å². The second kappa shape index (κ2) is 2.75. The summed E-state index contributed by atoms with van der Waals surface area (Å²) in [7, 11) is 0. The molecule has 1 nitrogen and oxygen atoms in total. The van der Waals surface area contributed by atoms with Crippen molar-refractivity contribution in [2.75, 3.05) is 0 Å². The van der Waals surface area contributed by atoms with Crippen molar-refractivity contribution >= 4 is 17.0 Å². The van der Waals surface area contributed by atoms with Crippen LogP contribution >= 0.6 is 0 Å². The molecule has 0 spiro atoms. The summed E-state index contributed by atoms with van der Waals surface area (Å²) in [5.74, 6) is 1.03. The number of fused-ring (bicyclic) bond motifs is 3. The van der Waals surface area contributed by atoms with Crippen molar-refractivity contribution in [3.05, 3.63) is 41.7 Å². The fraction of sp³-hybridized carbons (Fsp3) is 0.286. The Morgan fingerprint density at radius 1 is 1.20 bits per heavy atom. The predicted octanol–water partition coefficient (Wildman–Crippen LogP) is 4.13. The van der Waals surface area contributed by atoms with E-state index < -0.39 is 0 Å². The van der Waals surface area contributed by atoms with Crippen LogP contribution in [0, 0.1) is 0 Å². The smallest absolute Gasteiger partial charge is 0.135 e. The second-order valence-corrected chi connectivity index (χ2v) is 4.83. The molecule has 0 atom stereocenters. The lowest BCUT2D eigenvalue weighted by Crippen LogP contribution is -2.18. The Bertz CT molecular complexity index is 543. The molecule has 3 rings (SSSR count). The van der Waals surface area contributed by atoms with E-state index >= 15 is 0 Å². The van der Waals surface area contributed by atoms with Gasteiger partial charge >= 0.3 is 0 Å². The van der Waals surface area contributed by atoms with E-state index in [1.165, 1.54) is 10.9 Å². The molecule has 1 aliphatic rings. The molecule has 1 aliphatic carbocycles. The Balaban J connectivity index is 2.43. The summed E-state index contributed by atoms with van der Waals surface area (Å²) in [5.41, 5.74) is 2.55. The van der Waals surface area contributed by atoms with Gasteiger partial charge in [-0.25, -0.2) is 0 Å². The zero-order valence-corrected chi connectivity index (χ0v) is 9.08. The summed E-state index contributed by atoms with van der Waals surface area (Å²) in [6.45, 7) is 4.55. The third-order valence-corrected chi connectivity index (χ3v) is 3.20. The number of hydrogen-bond acceptors (Lipinski definition) is 1.